The maximum atomic E-state index is 12.2. The number of carbonyl (C=O) groups excluding carboxylic acids is 1. The number of rotatable bonds is 6. The van der Waals surface area contributed by atoms with Crippen molar-refractivity contribution in [1.29, 1.82) is 0 Å². The number of amides is 1. The van der Waals surface area contributed by atoms with Crippen LogP contribution in [0.4, 0.5) is 5.69 Å². The predicted octanol–water partition coefficient (Wildman–Crippen LogP) is 2.43. The largest absolute Gasteiger partial charge is 0.460 e. The van der Waals surface area contributed by atoms with Gasteiger partial charge in [-0.15, -0.1) is 0 Å². The third-order valence-corrected chi connectivity index (χ3v) is 4.39. The van der Waals surface area contributed by atoms with Crippen molar-refractivity contribution in [2.45, 2.75) is 44.2 Å². The van der Waals surface area contributed by atoms with Crippen molar-refractivity contribution in [2.24, 2.45) is 0 Å². The summed E-state index contributed by atoms with van der Waals surface area (Å²) >= 11 is 0. The normalized spacial score (nSPS) is 19.5. The molecule has 0 saturated heterocycles. The number of ether oxygens (including phenoxy) is 1. The van der Waals surface area contributed by atoms with E-state index in [0.29, 0.717) is 11.6 Å². The zero-order chi connectivity index (χ0) is 18.4. The SMILES string of the molecule is O=C(Cc1ccccc1[N+](=O)[O-])NC1CCC(Oc2ncccn2)CC1. The van der Waals surface area contributed by atoms with Crippen molar-refractivity contribution in [3.05, 3.63) is 58.4 Å². The molecular formula is C18H20N4O4. The molecule has 0 unspecified atom stereocenters. The molecule has 26 heavy (non-hydrogen) atoms. The molecule has 1 N–H and O–H groups in total. The Balaban J connectivity index is 1.47. The molecule has 2 aromatic rings. The lowest BCUT2D eigenvalue weighted by molar-refractivity contribution is -0.385. The van der Waals surface area contributed by atoms with Gasteiger partial charge in [0.1, 0.15) is 6.10 Å². The fourth-order valence-corrected chi connectivity index (χ4v) is 3.11. The molecule has 8 heteroatoms. The molecule has 1 fully saturated rings. The number of benzene rings is 1. The molecule has 1 aliphatic rings. The molecule has 3 rings (SSSR count). The summed E-state index contributed by atoms with van der Waals surface area (Å²) in [6, 6.07) is 8.48. The third kappa shape index (κ3) is 4.75. The minimum atomic E-state index is -0.461. The van der Waals surface area contributed by atoms with Crippen molar-refractivity contribution in [2.75, 3.05) is 0 Å². The smallest absolute Gasteiger partial charge is 0.316 e. The van der Waals surface area contributed by atoms with E-state index >= 15 is 0 Å². The lowest BCUT2D eigenvalue weighted by atomic mass is 9.92. The third-order valence-electron chi connectivity index (χ3n) is 4.39. The van der Waals surface area contributed by atoms with Crippen LogP contribution in [0.1, 0.15) is 31.2 Å². The highest BCUT2D eigenvalue weighted by molar-refractivity contribution is 5.80. The van der Waals surface area contributed by atoms with Crippen molar-refractivity contribution < 1.29 is 14.5 Å². The van der Waals surface area contributed by atoms with Gasteiger partial charge in [-0.1, -0.05) is 18.2 Å². The number of hydrogen-bond acceptors (Lipinski definition) is 6. The number of nitro benzene ring substituents is 1. The van der Waals surface area contributed by atoms with Crippen LogP contribution in [0.25, 0.3) is 0 Å². The van der Waals surface area contributed by atoms with E-state index < -0.39 is 4.92 Å². The summed E-state index contributed by atoms with van der Waals surface area (Å²) in [6.45, 7) is 0. The van der Waals surface area contributed by atoms with E-state index in [1.54, 1.807) is 36.7 Å². The quantitative estimate of drug-likeness (QED) is 0.629. The van der Waals surface area contributed by atoms with Crippen molar-refractivity contribution in [1.82, 2.24) is 15.3 Å². The Hall–Kier alpha value is -3.03. The van der Waals surface area contributed by atoms with Crippen LogP contribution in [0, 0.1) is 10.1 Å². The van der Waals surface area contributed by atoms with E-state index in [1.807, 2.05) is 0 Å². The minimum absolute atomic E-state index is 0.00539. The van der Waals surface area contributed by atoms with Crippen LogP contribution < -0.4 is 10.1 Å². The van der Waals surface area contributed by atoms with Gasteiger partial charge >= 0.3 is 6.01 Å². The van der Waals surface area contributed by atoms with E-state index in [1.165, 1.54) is 6.07 Å². The fraction of sp³-hybridized carbons (Fsp3) is 0.389. The van der Waals surface area contributed by atoms with Gasteiger partial charge in [-0.25, -0.2) is 9.97 Å². The second-order valence-electron chi connectivity index (χ2n) is 6.25. The minimum Gasteiger partial charge on any atom is -0.460 e. The molecule has 136 valence electrons. The summed E-state index contributed by atoms with van der Waals surface area (Å²) in [5.74, 6) is -0.199. The Morgan fingerprint density at radius 2 is 1.85 bits per heavy atom. The van der Waals surface area contributed by atoms with E-state index in [9.17, 15) is 14.9 Å². The van der Waals surface area contributed by atoms with Crippen LogP contribution in [-0.2, 0) is 11.2 Å². The average Bonchev–Trinajstić information content (AvgIpc) is 2.64. The lowest BCUT2D eigenvalue weighted by Gasteiger charge is -2.28. The molecule has 0 aliphatic heterocycles. The Labute approximate surface area is 150 Å². The topological polar surface area (TPSA) is 107 Å². The van der Waals surface area contributed by atoms with Crippen LogP contribution in [0.15, 0.2) is 42.7 Å². The summed E-state index contributed by atoms with van der Waals surface area (Å²) in [4.78, 5) is 30.9. The highest BCUT2D eigenvalue weighted by Crippen LogP contribution is 2.23. The Bertz CT molecular complexity index is 761. The lowest BCUT2D eigenvalue weighted by Crippen LogP contribution is -2.40. The highest BCUT2D eigenvalue weighted by atomic mass is 16.6. The number of nitrogens with zero attached hydrogens (tertiary/aromatic N) is 3. The summed E-state index contributed by atoms with van der Waals surface area (Å²) in [7, 11) is 0. The van der Waals surface area contributed by atoms with Gasteiger partial charge in [-0.05, 0) is 31.7 Å². The zero-order valence-corrected chi connectivity index (χ0v) is 14.2. The number of para-hydroxylation sites is 1. The van der Waals surface area contributed by atoms with Gasteiger partial charge < -0.3 is 10.1 Å². The summed E-state index contributed by atoms with van der Waals surface area (Å²) in [5.41, 5.74) is 0.399. The number of hydrogen-bond donors (Lipinski definition) is 1. The standard InChI is InChI=1S/C18H20N4O4/c23-17(12-13-4-1-2-5-16(13)22(24)25)21-14-6-8-15(9-7-14)26-18-19-10-3-11-20-18/h1-5,10-11,14-15H,6-9,12H2,(H,21,23). The van der Waals surface area contributed by atoms with Gasteiger partial charge in [0.2, 0.25) is 5.91 Å². The zero-order valence-electron chi connectivity index (χ0n) is 14.2. The van der Waals surface area contributed by atoms with Gasteiger partial charge in [0.05, 0.1) is 11.3 Å². The van der Waals surface area contributed by atoms with Gasteiger partial charge in [-0.3, -0.25) is 14.9 Å². The van der Waals surface area contributed by atoms with Gasteiger partial charge in [0.15, 0.2) is 0 Å². The van der Waals surface area contributed by atoms with Crippen molar-refractivity contribution in [3.8, 4) is 6.01 Å². The van der Waals surface area contributed by atoms with Gasteiger partial charge in [0.25, 0.3) is 5.69 Å². The Morgan fingerprint density at radius 1 is 1.15 bits per heavy atom. The Kier molecular flexibility index (Phi) is 5.73. The molecule has 1 aromatic heterocycles. The van der Waals surface area contributed by atoms with E-state index in [0.717, 1.165) is 25.7 Å². The second-order valence-corrected chi connectivity index (χ2v) is 6.25. The van der Waals surface area contributed by atoms with Crippen LogP contribution in [0.2, 0.25) is 0 Å². The second kappa shape index (κ2) is 8.37. The van der Waals surface area contributed by atoms with Crippen LogP contribution in [0.5, 0.6) is 6.01 Å². The number of nitro groups is 1. The monoisotopic (exact) mass is 356 g/mol. The molecule has 0 atom stereocenters. The Morgan fingerprint density at radius 3 is 2.54 bits per heavy atom. The number of nitrogens with one attached hydrogen (secondary N) is 1. The fourth-order valence-electron chi connectivity index (χ4n) is 3.11. The van der Waals surface area contributed by atoms with E-state index in [4.69, 9.17) is 4.74 Å². The molecule has 8 nitrogen and oxygen atoms in total. The van der Waals surface area contributed by atoms with Gasteiger partial charge in [0, 0.05) is 30.1 Å². The first-order valence-electron chi connectivity index (χ1n) is 8.57. The van der Waals surface area contributed by atoms with Crippen LogP contribution in [-0.4, -0.2) is 32.9 Å². The molecule has 1 aromatic carbocycles. The van der Waals surface area contributed by atoms with E-state index in [-0.39, 0.29) is 30.2 Å². The maximum Gasteiger partial charge on any atom is 0.316 e. The molecule has 0 bridgehead atoms. The summed E-state index contributed by atoms with van der Waals surface area (Å²) in [5, 5.41) is 14.0. The molecule has 0 spiro atoms. The first-order valence-corrected chi connectivity index (χ1v) is 8.57. The van der Waals surface area contributed by atoms with Crippen molar-refractivity contribution >= 4 is 11.6 Å². The number of carbonyl (C=O) groups is 1. The first-order chi connectivity index (χ1) is 12.6. The highest BCUT2D eigenvalue weighted by Gasteiger charge is 2.25. The van der Waals surface area contributed by atoms with Gasteiger partial charge in [-0.2, -0.15) is 0 Å². The van der Waals surface area contributed by atoms with E-state index in [2.05, 4.69) is 15.3 Å². The molecule has 0 radical (unpaired) electrons. The molecule has 1 heterocycles. The molecular weight excluding hydrogens is 336 g/mol. The van der Waals surface area contributed by atoms with Crippen LogP contribution >= 0.6 is 0 Å². The predicted molar refractivity (Wildman–Crippen MR) is 93.6 cm³/mol. The van der Waals surface area contributed by atoms with Crippen LogP contribution in [0.3, 0.4) is 0 Å². The number of aromatic nitrogens is 2. The molecule has 1 saturated carbocycles. The molecule has 1 amide bonds. The first kappa shape index (κ1) is 17.8. The average molecular weight is 356 g/mol. The molecule has 1 aliphatic carbocycles. The maximum absolute atomic E-state index is 12.2. The summed E-state index contributed by atoms with van der Waals surface area (Å²) < 4.78 is 5.74. The summed E-state index contributed by atoms with van der Waals surface area (Å²) in [6.07, 6.45) is 6.50. The van der Waals surface area contributed by atoms with Crippen molar-refractivity contribution in [3.63, 3.8) is 0 Å².